The minimum atomic E-state index is -0.0386. The van der Waals surface area contributed by atoms with Crippen molar-refractivity contribution in [3.05, 3.63) is 35.6 Å². The molecule has 0 amide bonds. The van der Waals surface area contributed by atoms with Crippen LogP contribution in [-0.2, 0) is 0 Å². The zero-order valence-electron chi connectivity index (χ0n) is 8.64. The Hall–Kier alpha value is -1.75. The van der Waals surface area contributed by atoms with E-state index >= 15 is 0 Å². The molecule has 0 spiro atoms. The Morgan fingerprint density at radius 1 is 1.56 bits per heavy atom. The lowest BCUT2D eigenvalue weighted by atomic mass is 10.2. The smallest absolute Gasteiger partial charge is 0.224 e. The Balaban J connectivity index is 2.17. The Morgan fingerprint density at radius 3 is 3.06 bits per heavy atom. The molecule has 84 valence electrons. The van der Waals surface area contributed by atoms with Gasteiger partial charge < -0.3 is 15.5 Å². The number of halogens is 1. The molecule has 2 aromatic heterocycles. The molecule has 2 heterocycles. The molecule has 0 aliphatic heterocycles. The lowest BCUT2D eigenvalue weighted by Crippen LogP contribution is -2.09. The van der Waals surface area contributed by atoms with Crippen LogP contribution in [0.2, 0.25) is 5.28 Å². The van der Waals surface area contributed by atoms with Crippen LogP contribution in [0.4, 0.5) is 11.5 Å². The summed E-state index contributed by atoms with van der Waals surface area (Å²) < 4.78 is 5.26. The molecule has 2 aromatic rings. The van der Waals surface area contributed by atoms with Crippen molar-refractivity contribution in [3.63, 3.8) is 0 Å². The number of aromatic nitrogens is 2. The molecule has 0 saturated carbocycles. The van der Waals surface area contributed by atoms with Gasteiger partial charge in [0.15, 0.2) is 5.82 Å². The standard InChI is InChI=1S/C10H11ClN4O/c1-6(8-3-2-4-16-8)14-9-7(12)5-13-10(11)15-9/h2-6H,12H2,1H3,(H,13,14,15). The Kier molecular flexibility index (Phi) is 2.96. The van der Waals surface area contributed by atoms with Gasteiger partial charge in [0, 0.05) is 0 Å². The molecule has 0 aromatic carbocycles. The second-order valence-corrected chi connectivity index (χ2v) is 3.66. The third-order valence-corrected chi connectivity index (χ3v) is 2.29. The van der Waals surface area contributed by atoms with Gasteiger partial charge in [-0.15, -0.1) is 0 Å². The summed E-state index contributed by atoms with van der Waals surface area (Å²) in [5, 5.41) is 3.25. The molecule has 16 heavy (non-hydrogen) atoms. The van der Waals surface area contributed by atoms with Crippen LogP contribution < -0.4 is 11.1 Å². The molecule has 0 radical (unpaired) electrons. The van der Waals surface area contributed by atoms with E-state index in [1.54, 1.807) is 6.26 Å². The van der Waals surface area contributed by atoms with Gasteiger partial charge in [0.25, 0.3) is 0 Å². The molecule has 1 unspecified atom stereocenters. The summed E-state index contributed by atoms with van der Waals surface area (Å²) in [6.45, 7) is 1.94. The number of hydrogen-bond donors (Lipinski definition) is 2. The quantitative estimate of drug-likeness (QED) is 0.804. The summed E-state index contributed by atoms with van der Waals surface area (Å²) in [6.07, 6.45) is 3.08. The zero-order chi connectivity index (χ0) is 11.5. The van der Waals surface area contributed by atoms with Crippen molar-refractivity contribution >= 4 is 23.1 Å². The fourth-order valence-corrected chi connectivity index (χ4v) is 1.43. The Bertz CT molecular complexity index is 472. The highest BCUT2D eigenvalue weighted by molar-refractivity contribution is 6.28. The molecule has 1 atom stereocenters. The molecule has 0 fully saturated rings. The van der Waals surface area contributed by atoms with Crippen molar-refractivity contribution in [3.8, 4) is 0 Å². The third-order valence-electron chi connectivity index (χ3n) is 2.11. The summed E-state index contributed by atoms with van der Waals surface area (Å²) in [7, 11) is 0. The highest BCUT2D eigenvalue weighted by atomic mass is 35.5. The van der Waals surface area contributed by atoms with E-state index in [9.17, 15) is 0 Å². The molecule has 3 N–H and O–H groups in total. The van der Waals surface area contributed by atoms with E-state index in [4.69, 9.17) is 21.8 Å². The number of nitrogen functional groups attached to an aromatic ring is 1. The molecule has 2 rings (SSSR count). The predicted molar refractivity (Wildman–Crippen MR) is 62.2 cm³/mol. The highest BCUT2D eigenvalue weighted by Crippen LogP contribution is 2.22. The maximum absolute atomic E-state index is 5.71. The number of anilines is 2. The van der Waals surface area contributed by atoms with E-state index in [0.717, 1.165) is 5.76 Å². The minimum absolute atomic E-state index is 0.0386. The first-order chi connectivity index (χ1) is 7.66. The topological polar surface area (TPSA) is 77.0 Å². The molecule has 0 saturated heterocycles. The first kappa shape index (κ1) is 10.8. The lowest BCUT2D eigenvalue weighted by Gasteiger charge is -2.13. The second kappa shape index (κ2) is 4.40. The Morgan fingerprint density at radius 2 is 2.38 bits per heavy atom. The first-order valence-electron chi connectivity index (χ1n) is 4.75. The maximum Gasteiger partial charge on any atom is 0.224 e. The van der Waals surface area contributed by atoms with Crippen LogP contribution in [0.5, 0.6) is 0 Å². The van der Waals surface area contributed by atoms with Crippen LogP contribution in [0.25, 0.3) is 0 Å². The van der Waals surface area contributed by atoms with Crippen molar-refractivity contribution in [1.29, 1.82) is 0 Å². The average Bonchev–Trinajstić information content (AvgIpc) is 2.76. The van der Waals surface area contributed by atoms with Crippen molar-refractivity contribution in [2.75, 3.05) is 11.1 Å². The fourth-order valence-electron chi connectivity index (χ4n) is 1.30. The van der Waals surface area contributed by atoms with Crippen LogP contribution in [0, 0.1) is 0 Å². The van der Waals surface area contributed by atoms with Crippen molar-refractivity contribution in [1.82, 2.24) is 9.97 Å². The van der Waals surface area contributed by atoms with Gasteiger partial charge >= 0.3 is 0 Å². The lowest BCUT2D eigenvalue weighted by molar-refractivity contribution is 0.490. The number of hydrogen-bond acceptors (Lipinski definition) is 5. The number of furan rings is 1. The largest absolute Gasteiger partial charge is 0.467 e. The zero-order valence-corrected chi connectivity index (χ0v) is 9.40. The normalized spacial score (nSPS) is 12.4. The van der Waals surface area contributed by atoms with Crippen molar-refractivity contribution in [2.45, 2.75) is 13.0 Å². The number of rotatable bonds is 3. The Labute approximate surface area is 97.6 Å². The van der Waals surface area contributed by atoms with Crippen LogP contribution in [0.15, 0.2) is 29.0 Å². The predicted octanol–water partition coefficient (Wildman–Crippen LogP) is 2.48. The van der Waals surface area contributed by atoms with Crippen LogP contribution in [0.3, 0.4) is 0 Å². The van der Waals surface area contributed by atoms with Gasteiger partial charge in [-0.25, -0.2) is 4.98 Å². The van der Waals surface area contributed by atoms with Gasteiger partial charge in [0.05, 0.1) is 24.2 Å². The van der Waals surface area contributed by atoms with Gasteiger partial charge in [0.1, 0.15) is 5.76 Å². The van der Waals surface area contributed by atoms with E-state index < -0.39 is 0 Å². The molecule has 5 nitrogen and oxygen atoms in total. The average molecular weight is 239 g/mol. The van der Waals surface area contributed by atoms with E-state index in [1.807, 2.05) is 19.1 Å². The monoisotopic (exact) mass is 238 g/mol. The summed E-state index contributed by atoms with van der Waals surface area (Å²) in [4.78, 5) is 7.77. The van der Waals surface area contributed by atoms with Gasteiger partial charge in [0.2, 0.25) is 5.28 Å². The molecule has 0 bridgehead atoms. The fraction of sp³-hybridized carbons (Fsp3) is 0.200. The molecular weight excluding hydrogens is 228 g/mol. The molecule has 0 aliphatic carbocycles. The van der Waals surface area contributed by atoms with Gasteiger partial charge in [-0.2, -0.15) is 4.98 Å². The summed E-state index contributed by atoms with van der Waals surface area (Å²) >= 11 is 5.68. The van der Waals surface area contributed by atoms with Crippen LogP contribution in [0.1, 0.15) is 18.7 Å². The molecule has 0 aliphatic rings. The number of nitrogens with zero attached hydrogens (tertiary/aromatic N) is 2. The van der Waals surface area contributed by atoms with E-state index in [2.05, 4.69) is 15.3 Å². The van der Waals surface area contributed by atoms with Gasteiger partial charge in [-0.05, 0) is 30.7 Å². The number of nitrogens with one attached hydrogen (secondary N) is 1. The summed E-state index contributed by atoms with van der Waals surface area (Å²) in [5.74, 6) is 1.30. The first-order valence-corrected chi connectivity index (χ1v) is 5.12. The van der Waals surface area contributed by atoms with E-state index in [0.29, 0.717) is 11.5 Å². The maximum atomic E-state index is 5.71. The molecular formula is C10H11ClN4O. The number of nitrogens with two attached hydrogens (primary N) is 1. The van der Waals surface area contributed by atoms with Gasteiger partial charge in [-0.1, -0.05) is 0 Å². The van der Waals surface area contributed by atoms with Crippen LogP contribution >= 0.6 is 11.6 Å². The van der Waals surface area contributed by atoms with Crippen molar-refractivity contribution < 1.29 is 4.42 Å². The summed E-state index contributed by atoms with van der Waals surface area (Å²) in [6, 6.07) is 3.66. The minimum Gasteiger partial charge on any atom is -0.467 e. The summed E-state index contributed by atoms with van der Waals surface area (Å²) in [5.41, 5.74) is 6.16. The highest BCUT2D eigenvalue weighted by Gasteiger charge is 2.11. The van der Waals surface area contributed by atoms with Gasteiger partial charge in [-0.3, -0.25) is 0 Å². The van der Waals surface area contributed by atoms with E-state index in [-0.39, 0.29) is 11.3 Å². The SMILES string of the molecule is CC(Nc1nc(Cl)ncc1N)c1ccco1. The third kappa shape index (κ3) is 2.25. The molecule has 6 heteroatoms. The van der Waals surface area contributed by atoms with Crippen molar-refractivity contribution in [2.24, 2.45) is 0 Å². The second-order valence-electron chi connectivity index (χ2n) is 3.32. The van der Waals surface area contributed by atoms with E-state index in [1.165, 1.54) is 6.20 Å². The van der Waals surface area contributed by atoms with Crippen LogP contribution in [-0.4, -0.2) is 9.97 Å².